The number of rotatable bonds is 2. The van der Waals surface area contributed by atoms with Crippen molar-refractivity contribution in [2.75, 3.05) is 19.6 Å². The summed E-state index contributed by atoms with van der Waals surface area (Å²) in [6, 6.07) is 1.77. The molecule has 6 heteroatoms. The van der Waals surface area contributed by atoms with Gasteiger partial charge < -0.3 is 10.3 Å². The van der Waals surface area contributed by atoms with Gasteiger partial charge in [-0.1, -0.05) is 0 Å². The average Bonchev–Trinajstić information content (AvgIpc) is 2.95. The van der Waals surface area contributed by atoms with Crippen LogP contribution >= 0.6 is 0 Å². The first-order chi connectivity index (χ1) is 7.69. The van der Waals surface area contributed by atoms with Crippen LogP contribution in [0.15, 0.2) is 23.4 Å². The Hall–Kier alpha value is -0.850. The maximum atomic E-state index is 12.3. The van der Waals surface area contributed by atoms with Crippen LogP contribution in [0.4, 0.5) is 0 Å². The molecule has 2 N–H and O–H groups in total. The lowest BCUT2D eigenvalue weighted by atomic mass is 10.1. The van der Waals surface area contributed by atoms with E-state index in [0.29, 0.717) is 17.4 Å². The lowest BCUT2D eigenvalue weighted by molar-refractivity contribution is 0.383. The van der Waals surface area contributed by atoms with E-state index in [1.807, 2.05) is 0 Å². The lowest BCUT2D eigenvalue weighted by Crippen LogP contribution is -2.38. The molecule has 0 aromatic carbocycles. The van der Waals surface area contributed by atoms with Gasteiger partial charge in [0.15, 0.2) is 0 Å². The highest BCUT2D eigenvalue weighted by Gasteiger charge is 2.43. The number of aromatic nitrogens is 1. The quantitative estimate of drug-likeness (QED) is 0.766. The SMILES string of the molecule is O=S(=O)(c1cc[nH]c1)N1CC[C@H]2CNC[C@H]21. The largest absolute Gasteiger partial charge is 0.366 e. The van der Waals surface area contributed by atoms with Crippen LogP contribution in [-0.2, 0) is 10.0 Å². The number of hydrogen-bond acceptors (Lipinski definition) is 3. The molecule has 1 aromatic heterocycles. The number of fused-ring (bicyclic) bond motifs is 1. The summed E-state index contributed by atoms with van der Waals surface area (Å²) < 4.78 is 26.3. The Morgan fingerprint density at radius 3 is 3.00 bits per heavy atom. The Balaban J connectivity index is 1.93. The second-order valence-electron chi connectivity index (χ2n) is 4.44. The first-order valence-corrected chi connectivity index (χ1v) is 6.99. The van der Waals surface area contributed by atoms with Gasteiger partial charge in [-0.25, -0.2) is 8.42 Å². The molecule has 0 unspecified atom stereocenters. The molecular formula is C10H15N3O2S. The number of nitrogens with zero attached hydrogens (tertiary/aromatic N) is 1. The van der Waals surface area contributed by atoms with Crippen molar-refractivity contribution in [2.24, 2.45) is 5.92 Å². The first kappa shape index (κ1) is 10.3. The van der Waals surface area contributed by atoms with Crippen LogP contribution in [0.2, 0.25) is 0 Å². The summed E-state index contributed by atoms with van der Waals surface area (Å²) in [4.78, 5) is 3.17. The molecule has 3 heterocycles. The zero-order chi connectivity index (χ0) is 11.2. The Bertz CT molecular complexity index is 468. The molecule has 0 radical (unpaired) electrons. The van der Waals surface area contributed by atoms with E-state index in [0.717, 1.165) is 19.5 Å². The van der Waals surface area contributed by atoms with Crippen LogP contribution in [0, 0.1) is 5.92 Å². The highest BCUT2D eigenvalue weighted by Crippen LogP contribution is 2.31. The number of H-pyrrole nitrogens is 1. The molecule has 0 aliphatic carbocycles. The zero-order valence-corrected chi connectivity index (χ0v) is 9.70. The fourth-order valence-corrected chi connectivity index (χ4v) is 4.39. The molecule has 2 aliphatic heterocycles. The topological polar surface area (TPSA) is 65.2 Å². The van der Waals surface area contributed by atoms with Crippen LogP contribution in [0.3, 0.4) is 0 Å². The fraction of sp³-hybridized carbons (Fsp3) is 0.600. The smallest absolute Gasteiger partial charge is 0.244 e. The zero-order valence-electron chi connectivity index (χ0n) is 8.89. The first-order valence-electron chi connectivity index (χ1n) is 5.55. The maximum absolute atomic E-state index is 12.3. The van der Waals surface area contributed by atoms with E-state index >= 15 is 0 Å². The van der Waals surface area contributed by atoms with Gasteiger partial charge in [-0.05, 0) is 24.9 Å². The van der Waals surface area contributed by atoms with E-state index in [9.17, 15) is 8.42 Å². The van der Waals surface area contributed by atoms with E-state index in [1.165, 1.54) is 0 Å². The summed E-state index contributed by atoms with van der Waals surface area (Å²) in [5, 5.41) is 3.26. The molecule has 0 saturated carbocycles. The Kier molecular flexibility index (Phi) is 2.31. The Labute approximate surface area is 94.9 Å². The molecule has 0 spiro atoms. The van der Waals surface area contributed by atoms with Gasteiger partial charge in [0.1, 0.15) is 0 Å². The van der Waals surface area contributed by atoms with Crippen LogP contribution in [-0.4, -0.2) is 43.4 Å². The van der Waals surface area contributed by atoms with Gasteiger partial charge >= 0.3 is 0 Å². The van der Waals surface area contributed by atoms with Gasteiger partial charge in [0, 0.05) is 31.5 Å². The van der Waals surface area contributed by atoms with Crippen LogP contribution in [0.5, 0.6) is 0 Å². The van der Waals surface area contributed by atoms with Crippen molar-refractivity contribution >= 4 is 10.0 Å². The van der Waals surface area contributed by atoms with E-state index in [-0.39, 0.29) is 6.04 Å². The van der Waals surface area contributed by atoms with Crippen molar-refractivity contribution < 1.29 is 8.42 Å². The number of nitrogens with one attached hydrogen (secondary N) is 2. The van der Waals surface area contributed by atoms with Crippen molar-refractivity contribution in [3.05, 3.63) is 18.5 Å². The number of sulfonamides is 1. The summed E-state index contributed by atoms with van der Waals surface area (Å²) >= 11 is 0. The van der Waals surface area contributed by atoms with Gasteiger partial charge in [0.2, 0.25) is 10.0 Å². The van der Waals surface area contributed by atoms with Crippen molar-refractivity contribution in [2.45, 2.75) is 17.4 Å². The summed E-state index contributed by atoms with van der Waals surface area (Å²) in [6.07, 6.45) is 4.17. The van der Waals surface area contributed by atoms with Crippen molar-refractivity contribution in [1.29, 1.82) is 0 Å². The third kappa shape index (κ3) is 1.41. The van der Waals surface area contributed by atoms with E-state index in [2.05, 4.69) is 10.3 Å². The van der Waals surface area contributed by atoms with Gasteiger partial charge in [0.25, 0.3) is 0 Å². The normalized spacial score (nSPS) is 30.8. The molecule has 2 aliphatic rings. The molecule has 88 valence electrons. The predicted octanol–water partition coefficient (Wildman–Crippen LogP) is -0.00290. The van der Waals surface area contributed by atoms with E-state index < -0.39 is 10.0 Å². The Morgan fingerprint density at radius 2 is 2.25 bits per heavy atom. The molecule has 2 atom stereocenters. The van der Waals surface area contributed by atoms with Gasteiger partial charge in [0.05, 0.1) is 4.90 Å². The summed E-state index contributed by atoms with van der Waals surface area (Å²) in [5.74, 6) is 0.494. The second kappa shape index (κ2) is 3.58. The maximum Gasteiger partial charge on any atom is 0.244 e. The van der Waals surface area contributed by atoms with Crippen LogP contribution in [0.1, 0.15) is 6.42 Å². The van der Waals surface area contributed by atoms with E-state index in [1.54, 1.807) is 22.8 Å². The Morgan fingerprint density at radius 1 is 1.38 bits per heavy atom. The third-order valence-electron chi connectivity index (χ3n) is 3.57. The van der Waals surface area contributed by atoms with Crippen molar-refractivity contribution in [3.63, 3.8) is 0 Å². The molecule has 0 amide bonds. The highest BCUT2D eigenvalue weighted by molar-refractivity contribution is 7.89. The predicted molar refractivity (Wildman–Crippen MR) is 59.4 cm³/mol. The van der Waals surface area contributed by atoms with Crippen molar-refractivity contribution in [3.8, 4) is 0 Å². The van der Waals surface area contributed by atoms with Gasteiger partial charge in [-0.3, -0.25) is 0 Å². The molecule has 2 fully saturated rings. The minimum atomic E-state index is -3.29. The summed E-state index contributed by atoms with van der Waals surface area (Å²) in [5.41, 5.74) is 0. The summed E-state index contributed by atoms with van der Waals surface area (Å²) in [6.45, 7) is 2.39. The molecule has 1 aromatic rings. The second-order valence-corrected chi connectivity index (χ2v) is 6.33. The van der Waals surface area contributed by atoms with Gasteiger partial charge in [-0.2, -0.15) is 4.31 Å². The molecule has 3 rings (SSSR count). The van der Waals surface area contributed by atoms with Gasteiger partial charge in [-0.15, -0.1) is 0 Å². The van der Waals surface area contributed by atoms with E-state index in [4.69, 9.17) is 0 Å². The molecule has 5 nitrogen and oxygen atoms in total. The number of aromatic amines is 1. The molecular weight excluding hydrogens is 226 g/mol. The monoisotopic (exact) mass is 241 g/mol. The molecule has 2 saturated heterocycles. The standard InChI is InChI=1S/C10H15N3O2S/c14-16(15,9-1-3-11-6-9)13-4-2-8-5-12-7-10(8)13/h1,3,6,8,10-12H,2,4-5,7H2/t8-,10+/m0/s1. The fourth-order valence-electron chi connectivity index (χ4n) is 2.71. The third-order valence-corrected chi connectivity index (χ3v) is 5.49. The molecule has 0 bridgehead atoms. The summed E-state index contributed by atoms with van der Waals surface area (Å²) in [7, 11) is -3.29. The minimum Gasteiger partial charge on any atom is -0.366 e. The highest BCUT2D eigenvalue weighted by atomic mass is 32.2. The molecule has 16 heavy (non-hydrogen) atoms. The average molecular weight is 241 g/mol. The lowest BCUT2D eigenvalue weighted by Gasteiger charge is -2.21. The van der Waals surface area contributed by atoms with Crippen LogP contribution < -0.4 is 5.32 Å². The number of hydrogen-bond donors (Lipinski definition) is 2. The van der Waals surface area contributed by atoms with Crippen LogP contribution in [0.25, 0.3) is 0 Å². The van der Waals surface area contributed by atoms with Crippen molar-refractivity contribution in [1.82, 2.24) is 14.6 Å². The minimum absolute atomic E-state index is 0.153.